The van der Waals surface area contributed by atoms with Gasteiger partial charge in [-0.1, -0.05) is 11.3 Å². The predicted molar refractivity (Wildman–Crippen MR) is 64.5 cm³/mol. The number of rotatable bonds is 3. The van der Waals surface area contributed by atoms with Crippen LogP contribution in [0.4, 0.5) is 5.13 Å². The van der Waals surface area contributed by atoms with Gasteiger partial charge in [-0.05, 0) is 18.6 Å². The van der Waals surface area contributed by atoms with Gasteiger partial charge >= 0.3 is 0 Å². The van der Waals surface area contributed by atoms with Crippen molar-refractivity contribution >= 4 is 16.5 Å². The van der Waals surface area contributed by atoms with E-state index in [0.29, 0.717) is 11.7 Å². The highest BCUT2D eigenvalue weighted by Gasteiger charge is 2.02. The molecule has 0 atom stereocenters. The van der Waals surface area contributed by atoms with E-state index < -0.39 is 0 Å². The molecule has 0 unspecified atom stereocenters. The second-order valence-corrected chi connectivity index (χ2v) is 4.56. The van der Waals surface area contributed by atoms with E-state index in [0.717, 1.165) is 10.4 Å². The summed E-state index contributed by atoms with van der Waals surface area (Å²) in [5, 5.41) is 0.648. The van der Waals surface area contributed by atoms with Crippen molar-refractivity contribution in [2.75, 3.05) is 5.43 Å². The van der Waals surface area contributed by atoms with Crippen LogP contribution >= 0.6 is 11.3 Å². The van der Waals surface area contributed by atoms with Crippen LogP contribution in [0.15, 0.2) is 29.3 Å². The first-order chi connectivity index (χ1) is 7.69. The third-order valence-corrected chi connectivity index (χ3v) is 3.07. The van der Waals surface area contributed by atoms with Gasteiger partial charge in [0.25, 0.3) is 5.56 Å². The fourth-order valence-electron chi connectivity index (χ4n) is 1.35. The van der Waals surface area contributed by atoms with Crippen molar-refractivity contribution in [3.05, 3.63) is 45.3 Å². The van der Waals surface area contributed by atoms with Gasteiger partial charge in [0, 0.05) is 23.3 Å². The summed E-state index contributed by atoms with van der Waals surface area (Å²) < 4.78 is 1.64. The zero-order chi connectivity index (χ0) is 11.5. The Morgan fingerprint density at radius 2 is 2.44 bits per heavy atom. The quantitative estimate of drug-likeness (QED) is 0.614. The van der Waals surface area contributed by atoms with Crippen molar-refractivity contribution in [3.8, 4) is 0 Å². The maximum Gasteiger partial charge on any atom is 0.251 e. The maximum absolute atomic E-state index is 11.6. The lowest BCUT2D eigenvalue weighted by Crippen LogP contribution is -2.18. The predicted octanol–water partition coefficient (Wildman–Crippen LogP) is 0.947. The molecule has 0 radical (unpaired) electrons. The van der Waals surface area contributed by atoms with Gasteiger partial charge < -0.3 is 4.57 Å². The van der Waals surface area contributed by atoms with E-state index in [1.807, 2.05) is 13.0 Å². The zero-order valence-corrected chi connectivity index (χ0v) is 9.62. The highest BCUT2D eigenvalue weighted by molar-refractivity contribution is 7.15. The number of hydrogen-bond donors (Lipinski definition) is 2. The number of pyridine rings is 1. The fraction of sp³-hybridized carbons (Fsp3) is 0.200. The molecule has 0 saturated heterocycles. The third-order valence-electron chi connectivity index (χ3n) is 2.15. The molecular weight excluding hydrogens is 224 g/mol. The average molecular weight is 236 g/mol. The first-order valence-electron chi connectivity index (χ1n) is 4.77. The Morgan fingerprint density at radius 1 is 1.62 bits per heavy atom. The topological polar surface area (TPSA) is 72.9 Å². The first-order valence-corrected chi connectivity index (χ1v) is 5.59. The molecule has 6 heteroatoms. The molecule has 0 aliphatic rings. The van der Waals surface area contributed by atoms with Gasteiger partial charge in [0.1, 0.15) is 0 Å². The fourth-order valence-corrected chi connectivity index (χ4v) is 2.07. The zero-order valence-electron chi connectivity index (χ0n) is 8.80. The lowest BCUT2D eigenvalue weighted by molar-refractivity contribution is 0.766. The summed E-state index contributed by atoms with van der Waals surface area (Å²) in [7, 11) is 0. The number of hydrazine groups is 1. The van der Waals surface area contributed by atoms with Crippen molar-refractivity contribution in [2.45, 2.75) is 13.5 Å². The van der Waals surface area contributed by atoms with Gasteiger partial charge in [-0.2, -0.15) is 0 Å². The van der Waals surface area contributed by atoms with Crippen LogP contribution in [-0.2, 0) is 6.54 Å². The minimum absolute atomic E-state index is 0.00402. The van der Waals surface area contributed by atoms with Gasteiger partial charge in [0.05, 0.1) is 6.54 Å². The summed E-state index contributed by atoms with van der Waals surface area (Å²) in [6.07, 6.45) is 3.50. The van der Waals surface area contributed by atoms with E-state index in [2.05, 4.69) is 10.4 Å². The van der Waals surface area contributed by atoms with Crippen LogP contribution in [0.25, 0.3) is 0 Å². The van der Waals surface area contributed by atoms with Gasteiger partial charge in [-0.25, -0.2) is 10.8 Å². The molecule has 3 N–H and O–H groups in total. The molecule has 0 bridgehead atoms. The number of nitrogens with zero attached hydrogens (tertiary/aromatic N) is 2. The Kier molecular flexibility index (Phi) is 3.02. The second-order valence-electron chi connectivity index (χ2n) is 3.45. The van der Waals surface area contributed by atoms with Crippen LogP contribution < -0.4 is 16.8 Å². The number of hydrogen-bond acceptors (Lipinski definition) is 5. The van der Waals surface area contributed by atoms with Crippen LogP contribution in [0.3, 0.4) is 0 Å². The van der Waals surface area contributed by atoms with Crippen molar-refractivity contribution < 1.29 is 0 Å². The molecular formula is C10H12N4OS. The molecule has 0 aliphatic heterocycles. The Morgan fingerprint density at radius 3 is 3.06 bits per heavy atom. The summed E-state index contributed by atoms with van der Waals surface area (Å²) in [6.45, 7) is 2.42. The van der Waals surface area contributed by atoms with Crippen molar-refractivity contribution in [2.24, 2.45) is 5.84 Å². The smallest absolute Gasteiger partial charge is 0.251 e. The molecule has 2 rings (SSSR count). The molecule has 2 aromatic heterocycles. The molecule has 0 aliphatic carbocycles. The van der Waals surface area contributed by atoms with Crippen LogP contribution in [-0.4, -0.2) is 9.55 Å². The molecule has 2 aromatic rings. The second kappa shape index (κ2) is 4.46. The van der Waals surface area contributed by atoms with Crippen LogP contribution in [0.2, 0.25) is 0 Å². The van der Waals surface area contributed by atoms with Crippen LogP contribution in [0.1, 0.15) is 10.4 Å². The number of aromatic nitrogens is 2. The molecule has 16 heavy (non-hydrogen) atoms. The number of nitrogens with two attached hydrogens (primary N) is 1. The van der Waals surface area contributed by atoms with E-state index in [-0.39, 0.29) is 5.56 Å². The Labute approximate surface area is 96.5 Å². The number of nitrogen functional groups attached to an aromatic ring is 1. The average Bonchev–Trinajstić information content (AvgIpc) is 2.70. The van der Waals surface area contributed by atoms with Crippen molar-refractivity contribution in [3.63, 3.8) is 0 Å². The van der Waals surface area contributed by atoms with E-state index in [4.69, 9.17) is 5.84 Å². The van der Waals surface area contributed by atoms with Gasteiger partial charge in [-0.3, -0.25) is 10.2 Å². The molecule has 84 valence electrons. The summed E-state index contributed by atoms with van der Waals surface area (Å²) in [4.78, 5) is 16.7. The molecule has 0 saturated carbocycles. The van der Waals surface area contributed by atoms with Crippen molar-refractivity contribution in [1.82, 2.24) is 9.55 Å². The minimum Gasteiger partial charge on any atom is -0.310 e. The van der Waals surface area contributed by atoms with E-state index in [1.165, 1.54) is 11.3 Å². The normalized spacial score (nSPS) is 10.4. The first kappa shape index (κ1) is 10.8. The highest BCUT2D eigenvalue weighted by atomic mass is 32.1. The summed E-state index contributed by atoms with van der Waals surface area (Å²) in [6, 6.07) is 3.52. The molecule has 0 amide bonds. The van der Waals surface area contributed by atoms with Crippen molar-refractivity contribution in [1.29, 1.82) is 0 Å². The number of anilines is 1. The maximum atomic E-state index is 11.6. The van der Waals surface area contributed by atoms with E-state index in [1.54, 1.807) is 23.0 Å². The third kappa shape index (κ3) is 2.29. The molecule has 0 fully saturated rings. The van der Waals surface area contributed by atoms with Gasteiger partial charge in [0.2, 0.25) is 0 Å². The number of thiazole rings is 1. The monoisotopic (exact) mass is 236 g/mol. The Hall–Kier alpha value is -1.66. The van der Waals surface area contributed by atoms with Gasteiger partial charge in [0.15, 0.2) is 5.13 Å². The van der Waals surface area contributed by atoms with E-state index >= 15 is 0 Å². The molecule has 5 nitrogen and oxygen atoms in total. The lowest BCUT2D eigenvalue weighted by atomic mass is 10.3. The number of aryl methyl sites for hydroxylation is 1. The molecule has 2 heterocycles. The highest BCUT2D eigenvalue weighted by Crippen LogP contribution is 2.17. The van der Waals surface area contributed by atoms with Gasteiger partial charge in [-0.15, -0.1) is 0 Å². The standard InChI is InChI=1S/C10H12N4OS/c1-7-2-3-14(9(15)4-7)6-8-5-12-10(13-11)16-8/h2-5H,6,11H2,1H3,(H,12,13). The lowest BCUT2D eigenvalue weighted by Gasteiger charge is -2.02. The largest absolute Gasteiger partial charge is 0.310 e. The Balaban J connectivity index is 2.23. The molecule has 0 spiro atoms. The SMILES string of the molecule is Cc1ccn(Cc2cnc(NN)s2)c(=O)c1. The minimum atomic E-state index is -0.00402. The summed E-state index contributed by atoms with van der Waals surface area (Å²) in [5.74, 6) is 5.24. The summed E-state index contributed by atoms with van der Waals surface area (Å²) >= 11 is 1.43. The molecule has 0 aromatic carbocycles. The summed E-state index contributed by atoms with van der Waals surface area (Å²) in [5.41, 5.74) is 3.44. The van der Waals surface area contributed by atoms with Crippen LogP contribution in [0.5, 0.6) is 0 Å². The Bertz CT molecular complexity index is 546. The van der Waals surface area contributed by atoms with Crippen LogP contribution in [0, 0.1) is 6.92 Å². The number of nitrogens with one attached hydrogen (secondary N) is 1. The van der Waals surface area contributed by atoms with E-state index in [9.17, 15) is 4.79 Å².